The van der Waals surface area contributed by atoms with Gasteiger partial charge in [0.1, 0.15) is 5.75 Å². The van der Waals surface area contributed by atoms with Gasteiger partial charge in [0.25, 0.3) is 5.91 Å². The van der Waals surface area contributed by atoms with Crippen molar-refractivity contribution in [3.05, 3.63) is 59.2 Å². The molecule has 1 aliphatic rings. The molecule has 25 heavy (non-hydrogen) atoms. The molecule has 4 rings (SSSR count). The number of thiazole rings is 1. The van der Waals surface area contributed by atoms with Crippen LogP contribution in [0, 0.1) is 0 Å². The van der Waals surface area contributed by atoms with Gasteiger partial charge in [-0.05, 0) is 54.7 Å². The van der Waals surface area contributed by atoms with Crippen LogP contribution in [0.5, 0.6) is 5.75 Å². The standard InChI is InChI=1S/C19H17N3O2S/c23-18(11-24-16-7-6-13-3-1-4-14(13)9-16)22-19-21-17(12-25-19)15-5-2-8-20-10-15/h2,5-10,12H,1,3-4,11H2,(H,21,22,23). The van der Waals surface area contributed by atoms with Crippen molar-refractivity contribution in [3.8, 4) is 17.0 Å². The average Bonchev–Trinajstić information content (AvgIpc) is 3.29. The molecule has 0 atom stereocenters. The average molecular weight is 351 g/mol. The lowest BCUT2D eigenvalue weighted by molar-refractivity contribution is -0.118. The Labute approximate surface area is 149 Å². The second-order valence-electron chi connectivity index (χ2n) is 5.90. The predicted molar refractivity (Wildman–Crippen MR) is 97.9 cm³/mol. The van der Waals surface area contributed by atoms with Crippen molar-refractivity contribution in [1.82, 2.24) is 9.97 Å². The van der Waals surface area contributed by atoms with Gasteiger partial charge in [0, 0.05) is 23.3 Å². The number of amides is 1. The SMILES string of the molecule is O=C(COc1ccc2c(c1)CCC2)Nc1nc(-c2cccnc2)cs1. The van der Waals surface area contributed by atoms with Crippen LogP contribution in [0.4, 0.5) is 5.13 Å². The largest absolute Gasteiger partial charge is 0.484 e. The number of carbonyl (C=O) groups is 1. The van der Waals surface area contributed by atoms with Crippen LogP contribution in [0.25, 0.3) is 11.3 Å². The highest BCUT2D eigenvalue weighted by Gasteiger charge is 2.12. The van der Waals surface area contributed by atoms with Crippen molar-refractivity contribution < 1.29 is 9.53 Å². The molecule has 1 aromatic carbocycles. The Kier molecular flexibility index (Phi) is 4.43. The van der Waals surface area contributed by atoms with Crippen LogP contribution < -0.4 is 10.1 Å². The molecule has 2 aromatic heterocycles. The molecule has 0 unspecified atom stereocenters. The highest BCUT2D eigenvalue weighted by atomic mass is 32.1. The number of hydrogen-bond donors (Lipinski definition) is 1. The van der Waals surface area contributed by atoms with Gasteiger partial charge in [0.15, 0.2) is 11.7 Å². The van der Waals surface area contributed by atoms with Crippen LogP contribution >= 0.6 is 11.3 Å². The number of ether oxygens (including phenoxy) is 1. The maximum Gasteiger partial charge on any atom is 0.264 e. The second kappa shape index (κ2) is 7.03. The molecule has 1 aliphatic carbocycles. The van der Waals surface area contributed by atoms with E-state index in [0.717, 1.165) is 29.8 Å². The van der Waals surface area contributed by atoms with E-state index in [2.05, 4.69) is 21.4 Å². The van der Waals surface area contributed by atoms with E-state index >= 15 is 0 Å². The summed E-state index contributed by atoms with van der Waals surface area (Å²) in [4.78, 5) is 20.6. The number of nitrogens with one attached hydrogen (secondary N) is 1. The molecule has 0 saturated carbocycles. The maximum absolute atomic E-state index is 12.1. The second-order valence-corrected chi connectivity index (χ2v) is 6.76. The third-order valence-corrected chi connectivity index (χ3v) is 4.91. The first-order valence-corrected chi connectivity index (χ1v) is 9.06. The number of pyridine rings is 1. The monoisotopic (exact) mass is 351 g/mol. The van der Waals surface area contributed by atoms with Crippen LogP contribution in [0.3, 0.4) is 0 Å². The summed E-state index contributed by atoms with van der Waals surface area (Å²) in [5.74, 6) is 0.526. The summed E-state index contributed by atoms with van der Waals surface area (Å²) in [6.07, 6.45) is 6.89. The van der Waals surface area contributed by atoms with Crippen molar-refractivity contribution >= 4 is 22.4 Å². The van der Waals surface area contributed by atoms with Crippen LogP contribution in [0.1, 0.15) is 17.5 Å². The van der Waals surface area contributed by atoms with Crippen molar-refractivity contribution in [3.63, 3.8) is 0 Å². The zero-order valence-electron chi connectivity index (χ0n) is 13.6. The smallest absolute Gasteiger partial charge is 0.264 e. The fraction of sp³-hybridized carbons (Fsp3) is 0.211. The fourth-order valence-corrected chi connectivity index (χ4v) is 3.66. The van der Waals surface area contributed by atoms with Gasteiger partial charge in [0.2, 0.25) is 0 Å². The van der Waals surface area contributed by atoms with E-state index in [1.165, 1.54) is 28.9 Å². The molecule has 1 N–H and O–H groups in total. The zero-order chi connectivity index (χ0) is 17.1. The Hall–Kier alpha value is -2.73. The molecule has 5 nitrogen and oxygen atoms in total. The van der Waals surface area contributed by atoms with Crippen LogP contribution in [-0.2, 0) is 17.6 Å². The first kappa shape index (κ1) is 15.8. The van der Waals surface area contributed by atoms with E-state index in [1.807, 2.05) is 29.6 Å². The molecule has 0 fully saturated rings. The molecular weight excluding hydrogens is 334 g/mol. The lowest BCUT2D eigenvalue weighted by Crippen LogP contribution is -2.20. The van der Waals surface area contributed by atoms with Crippen molar-refractivity contribution in [2.45, 2.75) is 19.3 Å². The van der Waals surface area contributed by atoms with E-state index in [4.69, 9.17) is 4.74 Å². The number of hydrogen-bond acceptors (Lipinski definition) is 5. The number of fused-ring (bicyclic) bond motifs is 1. The van der Waals surface area contributed by atoms with Crippen LogP contribution in [-0.4, -0.2) is 22.5 Å². The van der Waals surface area contributed by atoms with Gasteiger partial charge in [0.05, 0.1) is 5.69 Å². The zero-order valence-corrected chi connectivity index (χ0v) is 14.4. The normalized spacial score (nSPS) is 12.6. The number of benzene rings is 1. The van der Waals surface area contributed by atoms with Gasteiger partial charge in [-0.3, -0.25) is 15.1 Å². The Bertz CT molecular complexity index is 893. The minimum Gasteiger partial charge on any atom is -0.484 e. The number of carbonyl (C=O) groups excluding carboxylic acids is 1. The predicted octanol–water partition coefficient (Wildman–Crippen LogP) is 3.71. The van der Waals surface area contributed by atoms with Gasteiger partial charge >= 0.3 is 0 Å². The van der Waals surface area contributed by atoms with Crippen molar-refractivity contribution in [1.29, 1.82) is 0 Å². The Morgan fingerprint density at radius 2 is 2.16 bits per heavy atom. The molecule has 2 heterocycles. The van der Waals surface area contributed by atoms with Gasteiger partial charge in [-0.1, -0.05) is 6.07 Å². The third-order valence-electron chi connectivity index (χ3n) is 4.15. The van der Waals surface area contributed by atoms with E-state index in [1.54, 1.807) is 12.4 Å². The summed E-state index contributed by atoms with van der Waals surface area (Å²) in [5.41, 5.74) is 4.45. The van der Waals surface area contributed by atoms with E-state index in [9.17, 15) is 4.79 Å². The van der Waals surface area contributed by atoms with E-state index in [0.29, 0.717) is 5.13 Å². The van der Waals surface area contributed by atoms with Crippen molar-refractivity contribution in [2.24, 2.45) is 0 Å². The minimum absolute atomic E-state index is 0.0272. The molecule has 0 bridgehead atoms. The van der Waals surface area contributed by atoms with Gasteiger partial charge in [-0.2, -0.15) is 0 Å². The highest BCUT2D eigenvalue weighted by Crippen LogP contribution is 2.26. The Balaban J connectivity index is 1.34. The molecule has 0 saturated heterocycles. The minimum atomic E-state index is -0.215. The summed E-state index contributed by atoms with van der Waals surface area (Å²) >= 11 is 1.38. The summed E-state index contributed by atoms with van der Waals surface area (Å²) in [7, 11) is 0. The third kappa shape index (κ3) is 3.69. The molecule has 0 radical (unpaired) electrons. The van der Waals surface area contributed by atoms with Gasteiger partial charge in [-0.25, -0.2) is 4.98 Å². The van der Waals surface area contributed by atoms with Crippen LogP contribution in [0.2, 0.25) is 0 Å². The van der Waals surface area contributed by atoms with E-state index < -0.39 is 0 Å². The number of aryl methyl sites for hydroxylation is 2. The first-order chi connectivity index (χ1) is 12.3. The quantitative estimate of drug-likeness (QED) is 0.761. The summed E-state index contributed by atoms with van der Waals surface area (Å²) in [6.45, 7) is -0.0272. The Morgan fingerprint density at radius 1 is 1.24 bits per heavy atom. The number of nitrogens with zero attached hydrogens (tertiary/aromatic N) is 2. The number of aromatic nitrogens is 2. The fourth-order valence-electron chi connectivity index (χ4n) is 2.92. The molecule has 6 heteroatoms. The number of rotatable bonds is 5. The van der Waals surface area contributed by atoms with Crippen molar-refractivity contribution in [2.75, 3.05) is 11.9 Å². The molecule has 126 valence electrons. The topological polar surface area (TPSA) is 64.1 Å². The maximum atomic E-state index is 12.1. The highest BCUT2D eigenvalue weighted by molar-refractivity contribution is 7.14. The Morgan fingerprint density at radius 3 is 3.04 bits per heavy atom. The summed E-state index contributed by atoms with van der Waals surface area (Å²) in [6, 6.07) is 9.86. The molecule has 3 aromatic rings. The van der Waals surface area contributed by atoms with Gasteiger partial charge in [-0.15, -0.1) is 11.3 Å². The molecule has 0 aliphatic heterocycles. The van der Waals surface area contributed by atoms with E-state index in [-0.39, 0.29) is 12.5 Å². The summed E-state index contributed by atoms with van der Waals surface area (Å²) in [5, 5.41) is 5.23. The van der Waals surface area contributed by atoms with Crippen LogP contribution in [0.15, 0.2) is 48.1 Å². The molecule has 1 amide bonds. The lowest BCUT2D eigenvalue weighted by atomic mass is 10.1. The summed E-state index contributed by atoms with van der Waals surface area (Å²) < 4.78 is 5.61. The first-order valence-electron chi connectivity index (χ1n) is 8.18. The molecule has 0 spiro atoms. The van der Waals surface area contributed by atoms with Gasteiger partial charge < -0.3 is 4.74 Å². The molecular formula is C19H17N3O2S. The lowest BCUT2D eigenvalue weighted by Gasteiger charge is -2.07. The number of anilines is 1.